The first-order chi connectivity index (χ1) is 17.8. The maximum atomic E-state index is 7.50. The number of rotatable bonds is 3. The second-order valence-electron chi connectivity index (χ2n) is 7.53. The molecule has 3 rings (SSSR count). The molecule has 0 saturated carbocycles. The molecule has 0 atom stereocenters. The molecule has 0 amide bonds. The Bertz CT molecular complexity index is 1080. The van der Waals surface area contributed by atoms with E-state index in [4.69, 9.17) is 28.6 Å². The molecule has 3 aromatic rings. The van der Waals surface area contributed by atoms with Crippen molar-refractivity contribution in [3.8, 4) is 0 Å². The van der Waals surface area contributed by atoms with Gasteiger partial charge in [-0.25, -0.2) is 0 Å². The van der Waals surface area contributed by atoms with E-state index in [9.17, 15) is 0 Å². The minimum Gasteiger partial charge on any atom is 0 e. The van der Waals surface area contributed by atoms with Gasteiger partial charge in [0.05, 0.1) is 22.8 Å². The molecule has 0 radical (unpaired) electrons. The van der Waals surface area contributed by atoms with E-state index in [1.807, 2.05) is 32.0 Å². The smallest absolute Gasteiger partial charge is 0 e. The van der Waals surface area contributed by atoms with Gasteiger partial charge in [0, 0.05) is 21.1 Å². The number of aryl methyl sites for hydroxylation is 5. The van der Waals surface area contributed by atoms with Gasteiger partial charge in [-0.1, -0.05) is 72.3 Å². The van der Waals surface area contributed by atoms with E-state index in [-0.39, 0.29) is 21.1 Å². The van der Waals surface area contributed by atoms with Gasteiger partial charge in [0.25, 0.3) is 0 Å². The van der Waals surface area contributed by atoms with Crippen LogP contribution in [0.5, 0.6) is 0 Å². The SMILES string of the molecule is CC(=Nc1c(C)cccc1C)C(C)=Nc1c(C)cccc1C.Cc1ccccc1.[C-]#[O+].[C-]#[O+].[C-]#[O+].[C-]#[O+].[Mo]. The van der Waals surface area contributed by atoms with Crippen LogP contribution < -0.4 is 0 Å². The van der Waals surface area contributed by atoms with E-state index < -0.39 is 0 Å². The Hall–Kier alpha value is -3.35. The van der Waals surface area contributed by atoms with Crippen LogP contribution in [0.1, 0.15) is 41.7 Å². The van der Waals surface area contributed by atoms with Gasteiger partial charge in [0.2, 0.25) is 0 Å². The minimum absolute atomic E-state index is 0. The van der Waals surface area contributed by atoms with Crippen LogP contribution in [0, 0.1) is 61.2 Å². The summed E-state index contributed by atoms with van der Waals surface area (Å²) in [7, 11) is 0. The van der Waals surface area contributed by atoms with Crippen LogP contribution in [0.2, 0.25) is 0 Å². The van der Waals surface area contributed by atoms with Crippen molar-refractivity contribution in [3.63, 3.8) is 0 Å². The fraction of sp³-hybridized carbons (Fsp3) is 0.226. The number of para-hydroxylation sites is 2. The molecular formula is C31H32MoN2O4. The monoisotopic (exact) mass is 594 g/mol. The van der Waals surface area contributed by atoms with E-state index in [2.05, 4.69) is 110 Å². The van der Waals surface area contributed by atoms with Crippen LogP contribution in [-0.4, -0.2) is 11.4 Å². The molecule has 0 saturated heterocycles. The van der Waals surface area contributed by atoms with E-state index in [0.717, 1.165) is 22.8 Å². The molecule has 196 valence electrons. The summed E-state index contributed by atoms with van der Waals surface area (Å²) in [5, 5.41) is 0. The second-order valence-corrected chi connectivity index (χ2v) is 7.53. The summed E-state index contributed by atoms with van der Waals surface area (Å²) in [5.41, 5.74) is 10.1. The summed E-state index contributed by atoms with van der Waals surface area (Å²) >= 11 is 0. The van der Waals surface area contributed by atoms with Crippen molar-refractivity contribution in [2.75, 3.05) is 0 Å². The molecule has 3 aromatic carbocycles. The summed E-state index contributed by atoms with van der Waals surface area (Å²) in [6, 6.07) is 22.8. The zero-order valence-corrected chi connectivity index (χ0v) is 24.8. The van der Waals surface area contributed by atoms with Crippen LogP contribution in [-0.2, 0) is 39.7 Å². The number of nitrogens with zero attached hydrogens (tertiary/aromatic N) is 2. The van der Waals surface area contributed by atoms with Crippen LogP contribution in [0.4, 0.5) is 11.4 Å². The summed E-state index contributed by atoms with van der Waals surface area (Å²) in [6.45, 7) is 32.5. The largest absolute Gasteiger partial charge is 0 e. The zero-order valence-electron chi connectivity index (χ0n) is 22.8. The molecule has 0 aliphatic carbocycles. The van der Waals surface area contributed by atoms with Crippen molar-refractivity contribution in [1.29, 1.82) is 0 Å². The molecule has 0 aliphatic heterocycles. The van der Waals surface area contributed by atoms with Gasteiger partial charge in [0.15, 0.2) is 0 Å². The number of benzene rings is 3. The fourth-order valence-corrected chi connectivity index (χ4v) is 3.00. The molecule has 0 heterocycles. The van der Waals surface area contributed by atoms with Gasteiger partial charge in [0.1, 0.15) is 0 Å². The van der Waals surface area contributed by atoms with Gasteiger partial charge in [-0.3, -0.25) is 9.98 Å². The predicted molar refractivity (Wildman–Crippen MR) is 144 cm³/mol. The molecule has 0 spiro atoms. The topological polar surface area (TPSA) is 104 Å². The molecule has 0 N–H and O–H groups in total. The van der Waals surface area contributed by atoms with E-state index in [1.54, 1.807) is 0 Å². The molecule has 0 unspecified atom stereocenters. The first-order valence-corrected chi connectivity index (χ1v) is 10.9. The third-order valence-electron chi connectivity index (χ3n) is 4.90. The summed E-state index contributed by atoms with van der Waals surface area (Å²) < 4.78 is 30.0. The van der Waals surface area contributed by atoms with Gasteiger partial charge in [-0.05, 0) is 70.7 Å². The van der Waals surface area contributed by atoms with Crippen molar-refractivity contribution in [1.82, 2.24) is 0 Å². The predicted octanol–water partition coefficient (Wildman–Crippen LogP) is 7.65. The summed E-state index contributed by atoms with van der Waals surface area (Å²) in [4.78, 5) is 9.60. The first kappa shape index (κ1) is 41.8. The average Bonchev–Trinajstić information content (AvgIpc) is 2.93. The quantitative estimate of drug-likeness (QED) is 0.129. The Kier molecular flexibility index (Phi) is 29.3. The van der Waals surface area contributed by atoms with Crippen molar-refractivity contribution in [3.05, 3.63) is 121 Å². The third kappa shape index (κ3) is 16.4. The Morgan fingerprint density at radius 2 is 0.737 bits per heavy atom. The summed E-state index contributed by atoms with van der Waals surface area (Å²) in [6.07, 6.45) is 0. The first-order valence-electron chi connectivity index (χ1n) is 10.9. The van der Waals surface area contributed by atoms with Crippen LogP contribution in [0.15, 0.2) is 76.7 Å². The Labute approximate surface area is 241 Å². The third-order valence-corrected chi connectivity index (χ3v) is 4.90. The van der Waals surface area contributed by atoms with Crippen LogP contribution >= 0.6 is 0 Å². The van der Waals surface area contributed by atoms with E-state index >= 15 is 0 Å². The molecule has 7 heteroatoms. The minimum atomic E-state index is 0. The molecular weight excluding hydrogens is 560 g/mol. The van der Waals surface area contributed by atoms with Crippen molar-refractivity contribution < 1.29 is 39.7 Å². The fourth-order valence-electron chi connectivity index (χ4n) is 3.00. The maximum Gasteiger partial charge on any atom is 0 e. The molecule has 38 heavy (non-hydrogen) atoms. The van der Waals surface area contributed by atoms with Crippen molar-refractivity contribution in [2.45, 2.75) is 48.5 Å². The Morgan fingerprint density at radius 3 is 0.947 bits per heavy atom. The standard InChI is InChI=1S/C20H24N2.C7H8.4CO.Mo/c1-13-9-7-10-14(2)19(13)21-17(5)18(6)22-20-15(3)11-8-12-16(20)4;1-7-5-3-2-4-6-7;4*1-2;/h7-12H,1-6H3;2-6H,1H3;;;;;. The Morgan fingerprint density at radius 1 is 0.474 bits per heavy atom. The zero-order chi connectivity index (χ0) is 29.4. The van der Waals surface area contributed by atoms with Gasteiger partial charge >= 0.3 is 45.2 Å². The molecule has 0 aliphatic rings. The van der Waals surface area contributed by atoms with Gasteiger partial charge < -0.3 is 0 Å². The average molecular weight is 593 g/mol. The summed E-state index contributed by atoms with van der Waals surface area (Å²) in [5.74, 6) is 0. The maximum absolute atomic E-state index is 7.50. The van der Waals surface area contributed by atoms with E-state index in [0.29, 0.717) is 0 Å². The van der Waals surface area contributed by atoms with Gasteiger partial charge in [-0.2, -0.15) is 0 Å². The van der Waals surface area contributed by atoms with Crippen LogP contribution in [0.3, 0.4) is 0 Å². The number of hydrogen-bond acceptors (Lipinski definition) is 2. The number of hydrogen-bond donors (Lipinski definition) is 0. The van der Waals surface area contributed by atoms with E-state index in [1.165, 1.54) is 27.8 Å². The normalized spacial score (nSPS) is 9.13. The molecule has 0 fully saturated rings. The van der Waals surface area contributed by atoms with Crippen molar-refractivity contribution >= 4 is 22.8 Å². The molecule has 0 bridgehead atoms. The second kappa shape index (κ2) is 26.7. The van der Waals surface area contributed by atoms with Crippen LogP contribution in [0.25, 0.3) is 0 Å². The molecule has 6 nitrogen and oxygen atoms in total. The van der Waals surface area contributed by atoms with Crippen molar-refractivity contribution in [2.24, 2.45) is 9.98 Å². The van der Waals surface area contributed by atoms with Gasteiger partial charge in [-0.15, -0.1) is 0 Å². The number of aliphatic imine (C=N–C) groups is 2. The molecule has 0 aromatic heterocycles. The Balaban J connectivity index is -0.000000302.